The Morgan fingerprint density at radius 2 is 2.41 bits per heavy atom. The molecule has 1 unspecified atom stereocenters. The zero-order valence-corrected chi connectivity index (χ0v) is 10.5. The van der Waals surface area contributed by atoms with Gasteiger partial charge in [0, 0.05) is 38.6 Å². The Kier molecular flexibility index (Phi) is 3.78. The summed E-state index contributed by atoms with van der Waals surface area (Å²) in [5, 5.41) is 3.35. The van der Waals surface area contributed by atoms with Gasteiger partial charge in [0.05, 0.1) is 0 Å². The molecule has 2 heterocycles. The van der Waals surface area contributed by atoms with Crippen molar-refractivity contribution in [2.75, 3.05) is 24.5 Å². The molecule has 0 aliphatic carbocycles. The molecule has 5 heteroatoms. The molecule has 1 aromatic heterocycles. The van der Waals surface area contributed by atoms with Gasteiger partial charge in [0.15, 0.2) is 5.82 Å². The van der Waals surface area contributed by atoms with Gasteiger partial charge < -0.3 is 14.8 Å². The van der Waals surface area contributed by atoms with Gasteiger partial charge in [-0.25, -0.2) is 4.98 Å². The first kappa shape index (κ1) is 12.1. The van der Waals surface area contributed by atoms with Crippen LogP contribution in [0, 0.1) is 0 Å². The maximum atomic E-state index is 12.0. The largest absolute Gasteiger partial charge is 0.348 e. The molecule has 0 bridgehead atoms. The standard InChI is InChI=1S/C12H20N4O/c1-3-13-9-10-5-4-7-16(10)11-12(17)15(2)8-6-14-11/h6,8,10,13H,3-5,7,9H2,1-2H3. The highest BCUT2D eigenvalue weighted by molar-refractivity contribution is 5.38. The van der Waals surface area contributed by atoms with Gasteiger partial charge in [0.2, 0.25) is 0 Å². The second kappa shape index (κ2) is 5.31. The maximum absolute atomic E-state index is 12.0. The molecule has 0 saturated carbocycles. The minimum Gasteiger partial charge on any atom is -0.348 e. The number of aromatic nitrogens is 2. The van der Waals surface area contributed by atoms with Gasteiger partial charge in [-0.3, -0.25) is 4.79 Å². The highest BCUT2D eigenvalue weighted by atomic mass is 16.1. The molecule has 0 amide bonds. The quantitative estimate of drug-likeness (QED) is 0.820. The lowest BCUT2D eigenvalue weighted by Crippen LogP contribution is -2.41. The number of nitrogens with zero attached hydrogens (tertiary/aromatic N) is 3. The zero-order chi connectivity index (χ0) is 12.3. The summed E-state index contributed by atoms with van der Waals surface area (Å²) < 4.78 is 1.59. The lowest BCUT2D eigenvalue weighted by Gasteiger charge is -2.25. The molecular weight excluding hydrogens is 216 g/mol. The summed E-state index contributed by atoms with van der Waals surface area (Å²) >= 11 is 0. The minimum absolute atomic E-state index is 0.00380. The van der Waals surface area contributed by atoms with E-state index in [-0.39, 0.29) is 5.56 Å². The van der Waals surface area contributed by atoms with E-state index in [1.165, 1.54) is 0 Å². The van der Waals surface area contributed by atoms with Crippen LogP contribution < -0.4 is 15.8 Å². The van der Waals surface area contributed by atoms with Gasteiger partial charge in [-0.2, -0.15) is 0 Å². The Bertz CT molecular complexity index is 429. The Hall–Kier alpha value is -1.36. The Labute approximate surface area is 101 Å². The smallest absolute Gasteiger partial charge is 0.293 e. The van der Waals surface area contributed by atoms with E-state index in [9.17, 15) is 4.79 Å². The second-order valence-electron chi connectivity index (χ2n) is 4.46. The summed E-state index contributed by atoms with van der Waals surface area (Å²) in [6.07, 6.45) is 5.66. The first-order chi connectivity index (χ1) is 8.24. The molecular formula is C12H20N4O. The van der Waals surface area contributed by atoms with Gasteiger partial charge in [-0.1, -0.05) is 6.92 Å². The number of hydrogen-bond acceptors (Lipinski definition) is 4. The Balaban J connectivity index is 2.20. The topological polar surface area (TPSA) is 50.2 Å². The molecule has 0 aromatic carbocycles. The predicted molar refractivity (Wildman–Crippen MR) is 68.4 cm³/mol. The fourth-order valence-electron chi connectivity index (χ4n) is 2.32. The van der Waals surface area contributed by atoms with Gasteiger partial charge in [-0.15, -0.1) is 0 Å². The van der Waals surface area contributed by atoms with Crippen LogP contribution in [-0.4, -0.2) is 35.2 Å². The molecule has 1 aliphatic heterocycles. The van der Waals surface area contributed by atoms with Crippen molar-refractivity contribution in [1.82, 2.24) is 14.9 Å². The van der Waals surface area contributed by atoms with Crippen LogP contribution in [0.25, 0.3) is 0 Å². The highest BCUT2D eigenvalue weighted by Crippen LogP contribution is 2.20. The normalized spacial score (nSPS) is 19.9. The van der Waals surface area contributed by atoms with E-state index in [2.05, 4.69) is 22.1 Å². The zero-order valence-electron chi connectivity index (χ0n) is 10.5. The molecule has 17 heavy (non-hydrogen) atoms. The molecule has 0 radical (unpaired) electrons. The average Bonchev–Trinajstić information content (AvgIpc) is 2.78. The van der Waals surface area contributed by atoms with Crippen molar-refractivity contribution >= 4 is 5.82 Å². The maximum Gasteiger partial charge on any atom is 0.293 e. The van der Waals surface area contributed by atoms with E-state index in [0.717, 1.165) is 32.5 Å². The lowest BCUT2D eigenvalue weighted by molar-refractivity contribution is 0.581. The van der Waals surface area contributed by atoms with E-state index in [1.807, 2.05) is 0 Å². The molecule has 2 rings (SSSR count). The Morgan fingerprint density at radius 1 is 1.59 bits per heavy atom. The van der Waals surface area contributed by atoms with Crippen molar-refractivity contribution in [3.8, 4) is 0 Å². The van der Waals surface area contributed by atoms with Crippen LogP contribution in [0.4, 0.5) is 5.82 Å². The van der Waals surface area contributed by atoms with Crippen LogP contribution in [0.15, 0.2) is 17.2 Å². The van der Waals surface area contributed by atoms with Gasteiger partial charge in [0.25, 0.3) is 5.56 Å². The number of rotatable bonds is 4. The first-order valence-corrected chi connectivity index (χ1v) is 6.23. The Morgan fingerprint density at radius 3 is 3.18 bits per heavy atom. The number of hydrogen-bond donors (Lipinski definition) is 1. The van der Waals surface area contributed by atoms with Gasteiger partial charge >= 0.3 is 0 Å². The van der Waals surface area contributed by atoms with Crippen LogP contribution in [0.1, 0.15) is 19.8 Å². The van der Waals surface area contributed by atoms with Crippen LogP contribution >= 0.6 is 0 Å². The molecule has 1 N–H and O–H groups in total. The third-order valence-corrected chi connectivity index (χ3v) is 3.28. The highest BCUT2D eigenvalue weighted by Gasteiger charge is 2.27. The van der Waals surface area contributed by atoms with E-state index in [4.69, 9.17) is 0 Å². The first-order valence-electron chi connectivity index (χ1n) is 6.23. The monoisotopic (exact) mass is 236 g/mol. The molecule has 94 valence electrons. The van der Waals surface area contributed by atoms with Crippen molar-refractivity contribution in [2.24, 2.45) is 7.05 Å². The summed E-state index contributed by atoms with van der Waals surface area (Å²) in [5.74, 6) is 0.593. The van der Waals surface area contributed by atoms with Crippen LogP contribution in [0.2, 0.25) is 0 Å². The summed E-state index contributed by atoms with van der Waals surface area (Å²) in [6, 6.07) is 0.401. The molecule has 1 aromatic rings. The van der Waals surface area contributed by atoms with Crippen molar-refractivity contribution in [2.45, 2.75) is 25.8 Å². The average molecular weight is 236 g/mol. The van der Waals surface area contributed by atoms with E-state index < -0.39 is 0 Å². The summed E-state index contributed by atoms with van der Waals surface area (Å²) in [6.45, 7) is 4.92. The number of likely N-dealkylation sites (N-methyl/N-ethyl adjacent to an activating group) is 1. The lowest BCUT2D eigenvalue weighted by atomic mass is 10.2. The predicted octanol–water partition coefficient (Wildman–Crippen LogP) is 0.359. The molecule has 5 nitrogen and oxygen atoms in total. The van der Waals surface area contributed by atoms with Crippen molar-refractivity contribution < 1.29 is 0 Å². The van der Waals surface area contributed by atoms with Crippen molar-refractivity contribution in [3.63, 3.8) is 0 Å². The number of nitrogens with one attached hydrogen (secondary N) is 1. The minimum atomic E-state index is -0.00380. The van der Waals surface area contributed by atoms with Crippen LogP contribution in [0.3, 0.4) is 0 Å². The van der Waals surface area contributed by atoms with Gasteiger partial charge in [-0.05, 0) is 19.4 Å². The molecule has 0 spiro atoms. The molecule has 1 fully saturated rings. The molecule has 1 aliphatic rings. The van der Waals surface area contributed by atoms with Crippen molar-refractivity contribution in [1.29, 1.82) is 0 Å². The molecule has 1 atom stereocenters. The van der Waals surface area contributed by atoms with E-state index in [0.29, 0.717) is 11.9 Å². The third kappa shape index (κ3) is 2.49. The summed E-state index contributed by atoms with van der Waals surface area (Å²) in [7, 11) is 1.77. The second-order valence-corrected chi connectivity index (χ2v) is 4.46. The van der Waals surface area contributed by atoms with Gasteiger partial charge in [0.1, 0.15) is 0 Å². The van der Waals surface area contributed by atoms with Crippen molar-refractivity contribution in [3.05, 3.63) is 22.7 Å². The van der Waals surface area contributed by atoms with E-state index >= 15 is 0 Å². The summed E-state index contributed by atoms with van der Waals surface area (Å²) in [5.41, 5.74) is -0.00380. The number of aryl methyl sites for hydroxylation is 1. The SMILES string of the molecule is CCNCC1CCCN1c1nccn(C)c1=O. The van der Waals surface area contributed by atoms with Crippen LogP contribution in [0.5, 0.6) is 0 Å². The summed E-state index contributed by atoms with van der Waals surface area (Å²) in [4.78, 5) is 18.4. The number of anilines is 1. The van der Waals surface area contributed by atoms with Crippen LogP contribution in [-0.2, 0) is 7.05 Å². The molecule has 1 saturated heterocycles. The fourth-order valence-corrected chi connectivity index (χ4v) is 2.32. The third-order valence-electron chi connectivity index (χ3n) is 3.28. The fraction of sp³-hybridized carbons (Fsp3) is 0.667. The van der Waals surface area contributed by atoms with E-state index in [1.54, 1.807) is 24.0 Å².